The molecule has 2 aromatic rings. The van der Waals surface area contributed by atoms with Crippen LogP contribution in [0, 0.1) is 0 Å². The molecule has 1 heterocycles. The van der Waals surface area contributed by atoms with Gasteiger partial charge in [0.1, 0.15) is 11.9 Å². The van der Waals surface area contributed by atoms with Gasteiger partial charge in [-0.05, 0) is 23.8 Å². The van der Waals surface area contributed by atoms with E-state index in [1.165, 1.54) is 0 Å². The molecule has 0 saturated heterocycles. The molecule has 0 N–H and O–H groups in total. The van der Waals surface area contributed by atoms with Gasteiger partial charge in [-0.1, -0.05) is 41.9 Å². The number of hydrogen-bond acceptors (Lipinski definition) is 3. The Morgan fingerprint density at radius 3 is 2.65 bits per heavy atom. The zero-order chi connectivity index (χ0) is 13.9. The molecule has 1 atom stereocenters. The minimum Gasteiger partial charge on any atom is -0.484 e. The molecule has 20 heavy (non-hydrogen) atoms. The fourth-order valence-corrected chi connectivity index (χ4v) is 2.50. The van der Waals surface area contributed by atoms with Gasteiger partial charge in [0.15, 0.2) is 0 Å². The highest BCUT2D eigenvalue weighted by atomic mass is 35.5. The third kappa shape index (κ3) is 2.80. The molecule has 0 aliphatic carbocycles. The summed E-state index contributed by atoms with van der Waals surface area (Å²) < 4.78 is 6.15. The summed E-state index contributed by atoms with van der Waals surface area (Å²) in [5.74, 6) is 0.909. The predicted octanol–water partition coefficient (Wildman–Crippen LogP) is 3.84. The Balaban J connectivity index is 1.93. The minimum absolute atomic E-state index is 0.0733. The summed E-state index contributed by atoms with van der Waals surface area (Å²) >= 11 is 5.94. The number of ether oxygens (including phenoxy) is 1. The lowest BCUT2D eigenvalue weighted by molar-refractivity contribution is -0.148. The van der Waals surface area contributed by atoms with Crippen LogP contribution in [0.3, 0.4) is 0 Å². The molecule has 0 saturated carbocycles. The third-order valence-electron chi connectivity index (χ3n) is 3.46. The highest BCUT2D eigenvalue weighted by Crippen LogP contribution is 2.31. The highest BCUT2D eigenvalue weighted by molar-refractivity contribution is 6.30. The highest BCUT2D eigenvalue weighted by Gasteiger charge is 2.24. The topological polar surface area (TPSA) is 21.7 Å². The van der Waals surface area contributed by atoms with Crippen molar-refractivity contribution in [1.29, 1.82) is 0 Å². The second kappa shape index (κ2) is 5.83. The van der Waals surface area contributed by atoms with Crippen LogP contribution in [-0.4, -0.2) is 18.7 Å². The minimum atomic E-state index is -0.0733. The fourth-order valence-electron chi connectivity index (χ4n) is 2.37. The van der Waals surface area contributed by atoms with E-state index in [0.717, 1.165) is 28.4 Å². The summed E-state index contributed by atoms with van der Waals surface area (Å²) in [6.07, 6.45) is -0.0733. The van der Waals surface area contributed by atoms with Crippen molar-refractivity contribution in [3.8, 4) is 5.75 Å². The molecule has 0 radical (unpaired) electrons. The van der Waals surface area contributed by atoms with Crippen molar-refractivity contribution in [2.24, 2.45) is 0 Å². The first kappa shape index (κ1) is 13.4. The van der Waals surface area contributed by atoms with Gasteiger partial charge in [0, 0.05) is 10.6 Å². The number of nitrogens with zero attached hydrogens (tertiary/aromatic N) is 1. The molecule has 1 aliphatic heterocycles. The molecule has 0 amide bonds. The van der Waals surface area contributed by atoms with Crippen LogP contribution in [0.4, 0.5) is 0 Å². The average molecular weight is 290 g/mol. The average Bonchev–Trinajstić information content (AvgIpc) is 2.67. The van der Waals surface area contributed by atoms with Gasteiger partial charge in [-0.3, -0.25) is 0 Å². The van der Waals surface area contributed by atoms with Crippen LogP contribution in [0.25, 0.3) is 0 Å². The van der Waals surface area contributed by atoms with Crippen LogP contribution < -0.4 is 4.74 Å². The van der Waals surface area contributed by atoms with Crippen molar-refractivity contribution in [3.63, 3.8) is 0 Å². The standard InChI is InChI=1S/C16H16ClNO2/c1-19-18-10-13-4-2-3-5-15(13)20-16(11-18)12-6-8-14(17)9-7-12/h2-9,16H,10-11H2,1H3. The van der Waals surface area contributed by atoms with E-state index in [9.17, 15) is 0 Å². The van der Waals surface area contributed by atoms with Crippen molar-refractivity contribution in [2.45, 2.75) is 12.6 Å². The number of fused-ring (bicyclic) bond motifs is 1. The molecule has 0 bridgehead atoms. The second-order valence-corrected chi connectivity index (χ2v) is 5.21. The van der Waals surface area contributed by atoms with Gasteiger partial charge in [0.25, 0.3) is 0 Å². The normalized spacial score (nSPS) is 19.0. The van der Waals surface area contributed by atoms with E-state index >= 15 is 0 Å². The Bertz CT molecular complexity index is 585. The number of hydrogen-bond donors (Lipinski definition) is 0. The lowest BCUT2D eigenvalue weighted by atomic mass is 10.1. The molecule has 3 rings (SSSR count). The van der Waals surface area contributed by atoms with Crippen molar-refractivity contribution >= 4 is 11.6 Å². The number of rotatable bonds is 2. The van der Waals surface area contributed by atoms with E-state index in [2.05, 4.69) is 6.07 Å². The van der Waals surface area contributed by atoms with Gasteiger partial charge in [0.2, 0.25) is 0 Å². The third-order valence-corrected chi connectivity index (χ3v) is 3.71. The summed E-state index contributed by atoms with van der Waals surface area (Å²) in [5.41, 5.74) is 2.22. The van der Waals surface area contributed by atoms with Gasteiger partial charge >= 0.3 is 0 Å². The van der Waals surface area contributed by atoms with Gasteiger partial charge < -0.3 is 9.57 Å². The van der Waals surface area contributed by atoms with E-state index in [-0.39, 0.29) is 6.10 Å². The summed E-state index contributed by atoms with van der Waals surface area (Å²) in [7, 11) is 1.69. The molecule has 0 fully saturated rings. The molecule has 104 valence electrons. The van der Waals surface area contributed by atoms with E-state index in [1.54, 1.807) is 7.11 Å². The zero-order valence-electron chi connectivity index (χ0n) is 11.3. The zero-order valence-corrected chi connectivity index (χ0v) is 12.0. The van der Waals surface area contributed by atoms with Crippen LogP contribution in [0.15, 0.2) is 48.5 Å². The van der Waals surface area contributed by atoms with Crippen LogP contribution in [0.5, 0.6) is 5.75 Å². The summed E-state index contributed by atoms with van der Waals surface area (Å²) in [6.45, 7) is 1.39. The number of benzene rings is 2. The fraction of sp³-hybridized carbons (Fsp3) is 0.250. The van der Waals surface area contributed by atoms with E-state index in [4.69, 9.17) is 21.2 Å². The van der Waals surface area contributed by atoms with Gasteiger partial charge in [-0.15, -0.1) is 0 Å². The summed E-state index contributed by atoms with van der Waals surface area (Å²) in [6, 6.07) is 15.8. The number of hydroxylamine groups is 2. The van der Waals surface area contributed by atoms with Crippen LogP contribution in [0.2, 0.25) is 5.02 Å². The Kier molecular flexibility index (Phi) is 3.92. The maximum Gasteiger partial charge on any atom is 0.139 e. The summed E-state index contributed by atoms with van der Waals surface area (Å²) in [5, 5.41) is 2.64. The molecule has 1 unspecified atom stereocenters. The lowest BCUT2D eigenvalue weighted by Gasteiger charge is -2.22. The van der Waals surface area contributed by atoms with Crippen LogP contribution in [-0.2, 0) is 11.4 Å². The molecule has 2 aromatic carbocycles. The lowest BCUT2D eigenvalue weighted by Crippen LogP contribution is -2.27. The first-order valence-electron chi connectivity index (χ1n) is 6.55. The Hall–Kier alpha value is -1.55. The molecular weight excluding hydrogens is 274 g/mol. The monoisotopic (exact) mass is 289 g/mol. The van der Waals surface area contributed by atoms with Crippen molar-refractivity contribution in [1.82, 2.24) is 5.06 Å². The maximum atomic E-state index is 6.15. The Morgan fingerprint density at radius 1 is 1.15 bits per heavy atom. The van der Waals surface area contributed by atoms with Crippen LogP contribution >= 0.6 is 11.6 Å². The number of halogens is 1. The van der Waals surface area contributed by atoms with Crippen molar-refractivity contribution in [3.05, 3.63) is 64.7 Å². The molecule has 1 aliphatic rings. The van der Waals surface area contributed by atoms with Crippen LogP contribution in [0.1, 0.15) is 17.2 Å². The SMILES string of the molecule is CON1Cc2ccccc2OC(c2ccc(Cl)cc2)C1. The predicted molar refractivity (Wildman–Crippen MR) is 78.7 cm³/mol. The summed E-state index contributed by atoms with van der Waals surface area (Å²) in [4.78, 5) is 5.43. The van der Waals surface area contributed by atoms with Crippen molar-refractivity contribution in [2.75, 3.05) is 13.7 Å². The van der Waals surface area contributed by atoms with Gasteiger partial charge in [-0.25, -0.2) is 0 Å². The van der Waals surface area contributed by atoms with Gasteiger partial charge in [0.05, 0.1) is 20.2 Å². The van der Waals surface area contributed by atoms with E-state index in [1.807, 2.05) is 47.5 Å². The second-order valence-electron chi connectivity index (χ2n) is 4.77. The first-order valence-corrected chi connectivity index (χ1v) is 6.93. The quantitative estimate of drug-likeness (QED) is 0.838. The molecule has 0 spiro atoms. The Labute approximate surface area is 123 Å². The maximum absolute atomic E-state index is 6.15. The molecule has 3 nitrogen and oxygen atoms in total. The van der Waals surface area contributed by atoms with E-state index in [0.29, 0.717) is 6.54 Å². The largest absolute Gasteiger partial charge is 0.484 e. The van der Waals surface area contributed by atoms with Gasteiger partial charge in [-0.2, -0.15) is 5.06 Å². The first-order chi connectivity index (χ1) is 9.76. The Morgan fingerprint density at radius 2 is 1.90 bits per heavy atom. The van der Waals surface area contributed by atoms with Crippen molar-refractivity contribution < 1.29 is 9.57 Å². The molecule has 0 aromatic heterocycles. The molecule has 4 heteroatoms. The smallest absolute Gasteiger partial charge is 0.139 e. The van der Waals surface area contributed by atoms with E-state index < -0.39 is 0 Å². The number of para-hydroxylation sites is 1. The molecular formula is C16H16ClNO2.